The number of nitrogens with zero attached hydrogens (tertiary/aromatic N) is 1. The molecule has 0 aromatic heterocycles. The third-order valence-electron chi connectivity index (χ3n) is 4.78. The van der Waals surface area contributed by atoms with E-state index in [0.29, 0.717) is 31.7 Å². The summed E-state index contributed by atoms with van der Waals surface area (Å²) in [6.07, 6.45) is 0.971. The minimum atomic E-state index is -3.60. The zero-order chi connectivity index (χ0) is 20.3. The molecule has 2 aromatic rings. The van der Waals surface area contributed by atoms with Crippen LogP contribution in [0.15, 0.2) is 51.8 Å². The predicted octanol–water partition coefficient (Wildman–Crippen LogP) is 4.28. The fourth-order valence-electron chi connectivity index (χ4n) is 3.16. The molecular weight excluding hydrogens is 557 g/mol. The van der Waals surface area contributed by atoms with Gasteiger partial charge in [-0.25, -0.2) is 8.42 Å². The second-order valence-corrected chi connectivity index (χ2v) is 10.5. The minimum absolute atomic E-state index is 0.0418. The molecule has 1 aliphatic heterocycles. The number of carbonyl (C=O) groups is 1. The summed E-state index contributed by atoms with van der Waals surface area (Å²) in [5, 5.41) is 0. The van der Waals surface area contributed by atoms with Crippen molar-refractivity contribution in [2.45, 2.75) is 30.7 Å². The summed E-state index contributed by atoms with van der Waals surface area (Å²) >= 11 is 5.66. The normalized spacial score (nSPS) is 18.2. The number of halogens is 2. The van der Waals surface area contributed by atoms with Crippen molar-refractivity contribution in [1.82, 2.24) is 4.31 Å². The molecule has 1 fully saturated rings. The second-order valence-electron chi connectivity index (χ2n) is 6.63. The van der Waals surface area contributed by atoms with Crippen molar-refractivity contribution in [1.29, 1.82) is 0 Å². The van der Waals surface area contributed by atoms with E-state index in [4.69, 9.17) is 4.74 Å². The smallest absolute Gasteiger partial charge is 0.243 e. The molecule has 0 amide bonds. The number of rotatable bonds is 6. The summed E-state index contributed by atoms with van der Waals surface area (Å²) < 4.78 is 34.9. The van der Waals surface area contributed by atoms with E-state index in [0.717, 1.165) is 13.6 Å². The van der Waals surface area contributed by atoms with Crippen molar-refractivity contribution in [3.8, 4) is 0 Å². The number of hydrogen-bond donors (Lipinski definition) is 0. The van der Waals surface area contributed by atoms with Crippen LogP contribution in [0.25, 0.3) is 0 Å². The first-order valence-electron chi connectivity index (χ1n) is 8.99. The first-order valence-corrected chi connectivity index (χ1v) is 12.3. The van der Waals surface area contributed by atoms with E-state index in [1.807, 2.05) is 25.1 Å². The van der Waals surface area contributed by atoms with E-state index in [2.05, 4.69) is 38.5 Å². The molecule has 1 unspecified atom stereocenters. The maximum Gasteiger partial charge on any atom is 0.243 e. The highest BCUT2D eigenvalue weighted by molar-refractivity contribution is 14.1. The minimum Gasteiger partial charge on any atom is -0.378 e. The Balaban J connectivity index is 1.76. The fourth-order valence-corrected chi connectivity index (χ4v) is 5.66. The van der Waals surface area contributed by atoms with E-state index in [1.165, 1.54) is 16.4 Å². The van der Waals surface area contributed by atoms with Gasteiger partial charge >= 0.3 is 0 Å². The van der Waals surface area contributed by atoms with Crippen LogP contribution >= 0.6 is 38.5 Å². The molecule has 8 heteroatoms. The van der Waals surface area contributed by atoms with Crippen molar-refractivity contribution in [2.75, 3.05) is 19.8 Å². The van der Waals surface area contributed by atoms with Crippen molar-refractivity contribution in [2.24, 2.45) is 0 Å². The SMILES string of the molecule is CCC1COCCN1S(=O)(=O)c1ccc(C(=O)Cc2ccc(Br)c(I)c2)cc1. The van der Waals surface area contributed by atoms with Crippen molar-refractivity contribution < 1.29 is 17.9 Å². The molecule has 150 valence electrons. The van der Waals surface area contributed by atoms with Gasteiger partial charge in [-0.15, -0.1) is 0 Å². The Kier molecular flexibility index (Phi) is 7.30. The molecule has 1 saturated heterocycles. The summed E-state index contributed by atoms with van der Waals surface area (Å²) in [5.41, 5.74) is 1.43. The first-order chi connectivity index (χ1) is 13.3. The van der Waals surface area contributed by atoms with Crippen LogP contribution in [0.3, 0.4) is 0 Å². The average Bonchev–Trinajstić information content (AvgIpc) is 2.70. The van der Waals surface area contributed by atoms with E-state index < -0.39 is 10.0 Å². The van der Waals surface area contributed by atoms with Crippen LogP contribution in [-0.2, 0) is 21.2 Å². The number of hydrogen-bond acceptors (Lipinski definition) is 4. The van der Waals surface area contributed by atoms with Gasteiger partial charge in [0.05, 0.1) is 18.1 Å². The molecule has 0 aliphatic carbocycles. The third-order valence-corrected chi connectivity index (χ3v) is 9.07. The topological polar surface area (TPSA) is 63.7 Å². The maximum absolute atomic E-state index is 13.0. The predicted molar refractivity (Wildman–Crippen MR) is 120 cm³/mol. The summed E-state index contributed by atoms with van der Waals surface area (Å²) in [6, 6.07) is 11.9. The highest BCUT2D eigenvalue weighted by Gasteiger charge is 2.33. The molecule has 0 saturated carbocycles. The second kappa shape index (κ2) is 9.34. The molecule has 0 radical (unpaired) electrons. The Morgan fingerprint density at radius 1 is 1.25 bits per heavy atom. The molecule has 28 heavy (non-hydrogen) atoms. The number of sulfonamides is 1. The molecule has 0 N–H and O–H groups in total. The van der Waals surface area contributed by atoms with Gasteiger partial charge in [0.1, 0.15) is 0 Å². The number of Topliss-reactive ketones (excluding diaryl/α,β-unsaturated/α-hetero) is 1. The Hall–Kier alpha value is -0.810. The summed E-state index contributed by atoms with van der Waals surface area (Å²) in [5.74, 6) is -0.0418. The van der Waals surface area contributed by atoms with Crippen LogP contribution < -0.4 is 0 Å². The zero-order valence-electron chi connectivity index (χ0n) is 15.4. The zero-order valence-corrected chi connectivity index (χ0v) is 20.0. The van der Waals surface area contributed by atoms with Gasteiger partial charge in [-0.05, 0) is 74.8 Å². The highest BCUT2D eigenvalue weighted by Crippen LogP contribution is 2.24. The summed E-state index contributed by atoms with van der Waals surface area (Å²) in [6.45, 7) is 3.12. The van der Waals surface area contributed by atoms with Crippen LogP contribution in [0, 0.1) is 3.57 Å². The fraction of sp³-hybridized carbons (Fsp3) is 0.350. The van der Waals surface area contributed by atoms with E-state index in [9.17, 15) is 13.2 Å². The maximum atomic E-state index is 13.0. The van der Waals surface area contributed by atoms with Crippen LogP contribution in [0.2, 0.25) is 0 Å². The van der Waals surface area contributed by atoms with Crippen molar-refractivity contribution in [3.63, 3.8) is 0 Å². The monoisotopic (exact) mass is 577 g/mol. The lowest BCUT2D eigenvalue weighted by molar-refractivity contribution is 0.0314. The Bertz CT molecular complexity index is 963. The van der Waals surface area contributed by atoms with E-state index >= 15 is 0 Å². The van der Waals surface area contributed by atoms with Crippen LogP contribution in [-0.4, -0.2) is 44.3 Å². The van der Waals surface area contributed by atoms with Crippen LogP contribution in [0.4, 0.5) is 0 Å². The van der Waals surface area contributed by atoms with Gasteiger partial charge in [0, 0.05) is 32.6 Å². The van der Waals surface area contributed by atoms with Crippen molar-refractivity contribution in [3.05, 3.63) is 61.6 Å². The van der Waals surface area contributed by atoms with Gasteiger partial charge in [0.25, 0.3) is 0 Å². The van der Waals surface area contributed by atoms with Gasteiger partial charge in [0.2, 0.25) is 10.0 Å². The lowest BCUT2D eigenvalue weighted by atomic mass is 10.0. The Morgan fingerprint density at radius 2 is 1.96 bits per heavy atom. The number of carbonyl (C=O) groups excluding carboxylic acids is 1. The number of ketones is 1. The molecule has 2 aromatic carbocycles. The Labute approximate surface area is 187 Å². The quantitative estimate of drug-likeness (QED) is 0.380. The Morgan fingerprint density at radius 3 is 2.61 bits per heavy atom. The molecule has 1 atom stereocenters. The van der Waals surface area contributed by atoms with Gasteiger partial charge in [-0.3, -0.25) is 4.79 Å². The highest BCUT2D eigenvalue weighted by atomic mass is 127. The lowest BCUT2D eigenvalue weighted by Gasteiger charge is -2.33. The molecule has 0 bridgehead atoms. The third kappa shape index (κ3) is 4.84. The molecular formula is C20H21BrINO4S. The molecule has 0 spiro atoms. The van der Waals surface area contributed by atoms with Gasteiger partial charge < -0.3 is 4.74 Å². The lowest BCUT2D eigenvalue weighted by Crippen LogP contribution is -2.48. The van der Waals surface area contributed by atoms with Crippen molar-refractivity contribution >= 4 is 54.3 Å². The first kappa shape index (κ1) is 21.9. The summed E-state index contributed by atoms with van der Waals surface area (Å²) in [4.78, 5) is 12.8. The van der Waals surface area contributed by atoms with Crippen LogP contribution in [0.5, 0.6) is 0 Å². The number of benzene rings is 2. The average molecular weight is 578 g/mol. The molecule has 1 aliphatic rings. The molecule has 5 nitrogen and oxygen atoms in total. The largest absolute Gasteiger partial charge is 0.378 e. The standard InChI is InChI=1S/C20H21BrINO4S/c1-2-16-13-27-10-9-23(16)28(25,26)17-6-4-15(5-7-17)20(24)12-14-3-8-18(21)19(22)11-14/h3-8,11,16H,2,9-10,12-13H2,1H3. The van der Waals surface area contributed by atoms with E-state index in [1.54, 1.807) is 12.1 Å². The number of ether oxygens (including phenoxy) is 1. The molecule has 1 heterocycles. The summed E-state index contributed by atoms with van der Waals surface area (Å²) in [7, 11) is -3.60. The van der Waals surface area contributed by atoms with Gasteiger partial charge in [0.15, 0.2) is 5.78 Å². The molecule has 3 rings (SSSR count). The van der Waals surface area contributed by atoms with E-state index in [-0.39, 0.29) is 23.1 Å². The number of morpholine rings is 1. The van der Waals surface area contributed by atoms with Crippen LogP contribution in [0.1, 0.15) is 29.3 Å². The van der Waals surface area contributed by atoms with Gasteiger partial charge in [-0.1, -0.05) is 25.1 Å². The van der Waals surface area contributed by atoms with Gasteiger partial charge in [-0.2, -0.15) is 4.31 Å².